The minimum Gasteiger partial charge on any atom is -0.454 e. The van der Waals surface area contributed by atoms with E-state index in [2.05, 4.69) is 167 Å². The van der Waals surface area contributed by atoms with E-state index in [0.29, 0.717) is 0 Å². The van der Waals surface area contributed by atoms with Crippen molar-refractivity contribution in [2.45, 2.75) is 59.3 Å². The van der Waals surface area contributed by atoms with Gasteiger partial charge in [-0.3, -0.25) is 0 Å². The molecule has 0 saturated carbocycles. The molecule has 2 aliphatic heterocycles. The minimum atomic E-state index is -0.0575. The van der Waals surface area contributed by atoms with Gasteiger partial charge in [0.25, 0.3) is 6.71 Å². The van der Waals surface area contributed by atoms with Crippen molar-refractivity contribution >= 4 is 95.1 Å². The van der Waals surface area contributed by atoms with Gasteiger partial charge >= 0.3 is 0 Å². The Balaban J connectivity index is 1.33. The summed E-state index contributed by atoms with van der Waals surface area (Å²) < 4.78 is 16.1. The quantitative estimate of drug-likeness (QED) is 0.163. The number of nitrogens with zero attached hydrogens (tertiary/aromatic N) is 2. The smallest absolute Gasteiger partial charge is 0.252 e. The van der Waals surface area contributed by atoms with E-state index in [-0.39, 0.29) is 17.5 Å². The highest BCUT2D eigenvalue weighted by atomic mass is 16.3. The molecule has 0 radical (unpaired) electrons. The number of aromatic nitrogens is 1. The fraction of sp³-hybridized carbons (Fsp3) is 0.191. The first kappa shape index (κ1) is 30.0. The van der Waals surface area contributed by atoms with Crippen molar-refractivity contribution in [1.82, 2.24) is 4.57 Å². The van der Waals surface area contributed by atoms with E-state index in [0.717, 1.165) is 49.7 Å². The number of furan rings is 2. The molecule has 9 aromatic rings. The molecule has 0 saturated heterocycles. The van der Waals surface area contributed by atoms with Crippen LogP contribution in [0.2, 0.25) is 0 Å². The molecule has 0 bridgehead atoms. The summed E-state index contributed by atoms with van der Waals surface area (Å²) >= 11 is 0. The Morgan fingerprint density at radius 3 is 1.94 bits per heavy atom. The molecule has 4 nitrogen and oxygen atoms in total. The number of para-hydroxylation sites is 3. The van der Waals surface area contributed by atoms with E-state index >= 15 is 0 Å². The fourth-order valence-corrected chi connectivity index (χ4v) is 9.17. The van der Waals surface area contributed by atoms with Crippen LogP contribution in [0.5, 0.6) is 0 Å². The van der Waals surface area contributed by atoms with Crippen molar-refractivity contribution in [3.05, 3.63) is 126 Å². The third-order valence-electron chi connectivity index (χ3n) is 11.7. The lowest BCUT2D eigenvalue weighted by molar-refractivity contribution is 0.590. The van der Waals surface area contributed by atoms with Crippen LogP contribution in [0.4, 0.5) is 17.1 Å². The van der Waals surface area contributed by atoms with Gasteiger partial charge in [0.05, 0.1) is 11.2 Å². The predicted octanol–water partition coefficient (Wildman–Crippen LogP) is 10.9. The standard InChI is InChI=1S/C47H39BN2O2/c1-26-21-37-41-38(22-26)50-42-32(45-43(50)31-14-9-11-18-40(31)52-45)23-28(47(5,6)7)24-34(42)48(41)33-20-19-27(46(2,3)4)25-36(33)49(37)35-16-12-15-30-29-13-8-10-17-39(29)51-44(30)35/h8-25H,1-7H3. The Bertz CT molecular complexity index is 3010. The molecular weight excluding hydrogens is 635 g/mol. The van der Waals surface area contributed by atoms with Crippen LogP contribution in [0, 0.1) is 6.92 Å². The Labute approximate surface area is 303 Å². The van der Waals surface area contributed by atoms with Crippen LogP contribution in [0.25, 0.3) is 60.6 Å². The van der Waals surface area contributed by atoms with Gasteiger partial charge in [-0.1, -0.05) is 102 Å². The SMILES string of the molecule is Cc1cc2c3c(c1)-n1c4c(cc(C(C)(C)C)cc4c4oc5ccccc5c41)B3c1ccc(C(C)(C)C)cc1N2c1cccc2c1oc1ccccc12. The summed E-state index contributed by atoms with van der Waals surface area (Å²) in [5, 5.41) is 4.59. The van der Waals surface area contributed by atoms with E-state index in [1.807, 2.05) is 0 Å². The molecule has 11 rings (SSSR count). The normalized spacial score (nSPS) is 14.0. The van der Waals surface area contributed by atoms with Gasteiger partial charge < -0.3 is 18.3 Å². The summed E-state index contributed by atoms with van der Waals surface area (Å²) in [5.41, 5.74) is 18.5. The highest BCUT2D eigenvalue weighted by Crippen LogP contribution is 2.47. The van der Waals surface area contributed by atoms with Crippen LogP contribution >= 0.6 is 0 Å². The molecule has 2 aliphatic rings. The maximum Gasteiger partial charge on any atom is 0.252 e. The Kier molecular flexibility index (Phi) is 5.65. The van der Waals surface area contributed by atoms with Crippen LogP contribution in [-0.2, 0) is 10.8 Å². The average Bonchev–Trinajstić information content (AvgIpc) is 3.78. The van der Waals surface area contributed by atoms with Gasteiger partial charge in [0.1, 0.15) is 16.7 Å². The van der Waals surface area contributed by atoms with Gasteiger partial charge in [-0.05, 0) is 99.4 Å². The molecule has 0 fully saturated rings. The number of anilines is 3. The van der Waals surface area contributed by atoms with E-state index in [9.17, 15) is 0 Å². The summed E-state index contributed by atoms with van der Waals surface area (Å²) in [5.74, 6) is 0. The van der Waals surface area contributed by atoms with Gasteiger partial charge in [0.15, 0.2) is 11.2 Å². The van der Waals surface area contributed by atoms with Crippen LogP contribution in [0.15, 0.2) is 118 Å². The van der Waals surface area contributed by atoms with Crippen LogP contribution in [-0.4, -0.2) is 11.3 Å². The summed E-state index contributed by atoms with van der Waals surface area (Å²) in [6.45, 7) is 16.1. The number of hydrogen-bond acceptors (Lipinski definition) is 3. The molecule has 0 N–H and O–H groups in total. The highest BCUT2D eigenvalue weighted by Gasteiger charge is 2.44. The van der Waals surface area contributed by atoms with Gasteiger partial charge in [-0.2, -0.15) is 0 Å². The molecule has 52 heavy (non-hydrogen) atoms. The summed E-state index contributed by atoms with van der Waals surface area (Å²) in [4.78, 5) is 2.50. The molecule has 5 heterocycles. The zero-order valence-corrected chi connectivity index (χ0v) is 30.7. The lowest BCUT2D eigenvalue weighted by Gasteiger charge is -2.41. The first-order valence-corrected chi connectivity index (χ1v) is 18.5. The molecule has 3 aromatic heterocycles. The fourth-order valence-electron chi connectivity index (χ4n) is 9.17. The third kappa shape index (κ3) is 3.83. The maximum atomic E-state index is 6.81. The highest BCUT2D eigenvalue weighted by molar-refractivity contribution is 7.00. The molecular formula is C47H39BN2O2. The summed E-state index contributed by atoms with van der Waals surface area (Å²) in [6, 6.07) is 40.4. The van der Waals surface area contributed by atoms with E-state index in [4.69, 9.17) is 8.83 Å². The van der Waals surface area contributed by atoms with Crippen molar-refractivity contribution in [3.63, 3.8) is 0 Å². The minimum absolute atomic E-state index is 0.0308. The number of fused-ring (bicyclic) bond motifs is 12. The van der Waals surface area contributed by atoms with Crippen molar-refractivity contribution in [2.24, 2.45) is 0 Å². The monoisotopic (exact) mass is 674 g/mol. The van der Waals surface area contributed by atoms with Crippen molar-refractivity contribution in [1.29, 1.82) is 0 Å². The molecule has 5 heteroatoms. The average molecular weight is 675 g/mol. The van der Waals surface area contributed by atoms with Gasteiger partial charge in [0.2, 0.25) is 0 Å². The first-order valence-electron chi connectivity index (χ1n) is 18.5. The van der Waals surface area contributed by atoms with Gasteiger partial charge in [-0.15, -0.1) is 0 Å². The largest absolute Gasteiger partial charge is 0.454 e. The van der Waals surface area contributed by atoms with Gasteiger partial charge in [-0.25, -0.2) is 0 Å². The van der Waals surface area contributed by atoms with E-state index in [1.54, 1.807) is 0 Å². The van der Waals surface area contributed by atoms with E-state index < -0.39 is 0 Å². The van der Waals surface area contributed by atoms with Crippen molar-refractivity contribution in [2.75, 3.05) is 4.90 Å². The molecule has 0 unspecified atom stereocenters. The zero-order chi connectivity index (χ0) is 35.4. The zero-order valence-electron chi connectivity index (χ0n) is 30.7. The second-order valence-corrected chi connectivity index (χ2v) is 17.1. The summed E-state index contributed by atoms with van der Waals surface area (Å²) in [7, 11) is 0. The number of benzene rings is 6. The molecule has 6 aromatic carbocycles. The maximum absolute atomic E-state index is 6.81. The predicted molar refractivity (Wildman–Crippen MR) is 219 cm³/mol. The Morgan fingerprint density at radius 2 is 1.17 bits per heavy atom. The Hall–Kier alpha value is -5.68. The van der Waals surface area contributed by atoms with Gasteiger partial charge in [0, 0.05) is 38.6 Å². The molecule has 0 atom stereocenters. The summed E-state index contributed by atoms with van der Waals surface area (Å²) in [6.07, 6.45) is 0. The number of rotatable bonds is 1. The lowest BCUT2D eigenvalue weighted by Crippen LogP contribution is -2.60. The second kappa shape index (κ2) is 9.80. The van der Waals surface area contributed by atoms with E-state index in [1.165, 1.54) is 61.0 Å². The molecule has 0 amide bonds. The van der Waals surface area contributed by atoms with Crippen molar-refractivity contribution in [3.8, 4) is 5.69 Å². The van der Waals surface area contributed by atoms with Crippen LogP contribution in [0.1, 0.15) is 58.2 Å². The number of aryl methyl sites for hydroxylation is 1. The molecule has 0 spiro atoms. The number of hydrogen-bond donors (Lipinski definition) is 0. The lowest BCUT2D eigenvalue weighted by atomic mass is 9.33. The van der Waals surface area contributed by atoms with Crippen LogP contribution in [0.3, 0.4) is 0 Å². The first-order chi connectivity index (χ1) is 25.0. The third-order valence-corrected chi connectivity index (χ3v) is 11.7. The second-order valence-electron chi connectivity index (χ2n) is 17.1. The Morgan fingerprint density at radius 1 is 0.500 bits per heavy atom. The van der Waals surface area contributed by atoms with Crippen LogP contribution < -0.4 is 21.3 Å². The topological polar surface area (TPSA) is 34.5 Å². The molecule has 0 aliphatic carbocycles. The molecule has 252 valence electrons. The van der Waals surface area contributed by atoms with Crippen molar-refractivity contribution < 1.29 is 8.83 Å².